The Morgan fingerprint density at radius 2 is 1.84 bits per heavy atom. The van der Waals surface area contributed by atoms with Gasteiger partial charge in [0.15, 0.2) is 0 Å². The van der Waals surface area contributed by atoms with Crippen LogP contribution in [0.15, 0.2) is 24.3 Å². The summed E-state index contributed by atoms with van der Waals surface area (Å²) in [5, 5.41) is 4.28. The lowest BCUT2D eigenvalue weighted by Gasteiger charge is -2.28. The van der Waals surface area contributed by atoms with Crippen LogP contribution in [0.1, 0.15) is 38.8 Å². The highest BCUT2D eigenvalue weighted by molar-refractivity contribution is 6.30. The zero-order valence-corrected chi connectivity index (χ0v) is 13.4. The molecular formula is C16H27ClN2. The molecule has 2 unspecified atom stereocenters. The quantitative estimate of drug-likeness (QED) is 0.726. The first kappa shape index (κ1) is 16.5. The minimum Gasteiger partial charge on any atom is -0.316 e. The molecule has 0 aromatic heterocycles. The molecule has 0 radical (unpaired) electrons. The summed E-state index contributed by atoms with van der Waals surface area (Å²) in [6, 6.07) is 8.58. The minimum absolute atomic E-state index is 0.422. The molecule has 108 valence electrons. The summed E-state index contributed by atoms with van der Waals surface area (Å²) in [4.78, 5) is 2.40. The fourth-order valence-corrected chi connectivity index (χ4v) is 2.36. The molecule has 0 spiro atoms. The summed E-state index contributed by atoms with van der Waals surface area (Å²) in [6.07, 6.45) is 1.20. The van der Waals surface area contributed by atoms with E-state index < -0.39 is 0 Å². The molecule has 0 bridgehead atoms. The van der Waals surface area contributed by atoms with Crippen LogP contribution in [0, 0.1) is 5.92 Å². The van der Waals surface area contributed by atoms with Gasteiger partial charge in [-0.2, -0.15) is 0 Å². The maximum Gasteiger partial charge on any atom is 0.0406 e. The van der Waals surface area contributed by atoms with Crippen molar-refractivity contribution in [3.63, 3.8) is 0 Å². The summed E-state index contributed by atoms with van der Waals surface area (Å²) in [7, 11) is 2.19. The molecule has 1 rings (SSSR count). The number of halogens is 1. The molecule has 1 aromatic rings. The molecule has 0 saturated heterocycles. The van der Waals surface area contributed by atoms with Gasteiger partial charge in [0.05, 0.1) is 0 Å². The average Bonchev–Trinajstić information content (AvgIpc) is 2.39. The lowest BCUT2D eigenvalue weighted by Crippen LogP contribution is -2.32. The molecule has 0 heterocycles. The van der Waals surface area contributed by atoms with Crippen molar-refractivity contribution in [1.82, 2.24) is 10.2 Å². The molecule has 3 heteroatoms. The van der Waals surface area contributed by atoms with Crippen LogP contribution in [-0.4, -0.2) is 31.6 Å². The topological polar surface area (TPSA) is 15.3 Å². The molecule has 0 fully saturated rings. The van der Waals surface area contributed by atoms with Gasteiger partial charge in [0.1, 0.15) is 0 Å². The normalized spacial score (nSPS) is 14.6. The second kappa shape index (κ2) is 8.57. The van der Waals surface area contributed by atoms with E-state index in [1.54, 1.807) is 0 Å². The van der Waals surface area contributed by atoms with Crippen molar-refractivity contribution in [3.8, 4) is 0 Å². The van der Waals surface area contributed by atoms with Crippen molar-refractivity contribution in [1.29, 1.82) is 0 Å². The summed E-state index contributed by atoms with van der Waals surface area (Å²) in [5.74, 6) is 0.659. The van der Waals surface area contributed by atoms with Crippen LogP contribution < -0.4 is 5.32 Å². The summed E-state index contributed by atoms with van der Waals surface area (Å²) >= 11 is 5.93. The van der Waals surface area contributed by atoms with E-state index in [-0.39, 0.29) is 0 Å². The number of hydrogen-bond donors (Lipinski definition) is 1. The maximum absolute atomic E-state index is 5.93. The van der Waals surface area contributed by atoms with Crippen LogP contribution in [0.2, 0.25) is 5.02 Å². The third kappa shape index (κ3) is 5.94. The highest BCUT2D eigenvalue weighted by Crippen LogP contribution is 2.21. The Morgan fingerprint density at radius 1 is 1.21 bits per heavy atom. The molecule has 0 aliphatic carbocycles. The summed E-state index contributed by atoms with van der Waals surface area (Å²) in [5.41, 5.74) is 1.32. The van der Waals surface area contributed by atoms with E-state index in [2.05, 4.69) is 50.2 Å². The molecule has 0 aliphatic heterocycles. The van der Waals surface area contributed by atoms with E-state index in [9.17, 15) is 0 Å². The molecule has 0 saturated carbocycles. The van der Waals surface area contributed by atoms with Crippen molar-refractivity contribution < 1.29 is 0 Å². The van der Waals surface area contributed by atoms with Crippen LogP contribution in [-0.2, 0) is 0 Å². The second-order valence-corrected chi connectivity index (χ2v) is 5.91. The fraction of sp³-hybridized carbons (Fsp3) is 0.625. The van der Waals surface area contributed by atoms with E-state index in [1.165, 1.54) is 12.0 Å². The van der Waals surface area contributed by atoms with Gasteiger partial charge in [-0.25, -0.2) is 0 Å². The third-order valence-electron chi connectivity index (χ3n) is 3.53. The second-order valence-electron chi connectivity index (χ2n) is 5.48. The molecule has 0 aliphatic rings. The van der Waals surface area contributed by atoms with E-state index in [1.807, 2.05) is 12.1 Å². The lowest BCUT2D eigenvalue weighted by atomic mass is 10.1. The monoisotopic (exact) mass is 282 g/mol. The van der Waals surface area contributed by atoms with E-state index in [4.69, 9.17) is 11.6 Å². The summed E-state index contributed by atoms with van der Waals surface area (Å²) in [6.45, 7) is 10.0. The van der Waals surface area contributed by atoms with Gasteiger partial charge in [-0.15, -0.1) is 0 Å². The molecule has 2 nitrogen and oxygen atoms in total. The summed E-state index contributed by atoms with van der Waals surface area (Å²) < 4.78 is 0. The van der Waals surface area contributed by atoms with Gasteiger partial charge < -0.3 is 5.32 Å². The smallest absolute Gasteiger partial charge is 0.0406 e. The number of rotatable bonds is 8. The zero-order chi connectivity index (χ0) is 14.3. The van der Waals surface area contributed by atoms with Crippen molar-refractivity contribution in [2.24, 2.45) is 5.92 Å². The standard InChI is InChI=1S/C16H27ClN2/c1-5-10-18-11-13(2)12-19(4)14(3)15-6-8-16(17)9-7-15/h6-9,13-14,18H,5,10-12H2,1-4H3. The molecule has 0 amide bonds. The van der Waals surface area contributed by atoms with Crippen molar-refractivity contribution >= 4 is 11.6 Å². The van der Waals surface area contributed by atoms with Gasteiger partial charge in [0.25, 0.3) is 0 Å². The number of nitrogens with zero attached hydrogens (tertiary/aromatic N) is 1. The van der Waals surface area contributed by atoms with Gasteiger partial charge in [0.2, 0.25) is 0 Å². The Kier molecular flexibility index (Phi) is 7.44. The Balaban J connectivity index is 2.43. The zero-order valence-electron chi connectivity index (χ0n) is 12.6. The van der Waals surface area contributed by atoms with Gasteiger partial charge >= 0.3 is 0 Å². The van der Waals surface area contributed by atoms with Crippen molar-refractivity contribution in [2.45, 2.75) is 33.2 Å². The molecule has 1 N–H and O–H groups in total. The highest BCUT2D eigenvalue weighted by Gasteiger charge is 2.14. The minimum atomic E-state index is 0.422. The number of hydrogen-bond acceptors (Lipinski definition) is 2. The first-order valence-corrected chi connectivity index (χ1v) is 7.58. The van der Waals surface area contributed by atoms with E-state index >= 15 is 0 Å². The largest absolute Gasteiger partial charge is 0.316 e. The SMILES string of the molecule is CCCNCC(C)CN(C)C(C)c1ccc(Cl)cc1. The van der Waals surface area contributed by atoms with Gasteiger partial charge in [-0.3, -0.25) is 4.90 Å². The highest BCUT2D eigenvalue weighted by atomic mass is 35.5. The van der Waals surface area contributed by atoms with E-state index in [0.29, 0.717) is 12.0 Å². The van der Waals surface area contributed by atoms with Crippen LogP contribution in [0.4, 0.5) is 0 Å². The maximum atomic E-state index is 5.93. The van der Waals surface area contributed by atoms with Crippen LogP contribution in [0.3, 0.4) is 0 Å². The Morgan fingerprint density at radius 3 is 2.42 bits per heavy atom. The first-order chi connectivity index (χ1) is 9.04. The van der Waals surface area contributed by atoms with Crippen LogP contribution >= 0.6 is 11.6 Å². The van der Waals surface area contributed by atoms with Crippen molar-refractivity contribution in [3.05, 3.63) is 34.9 Å². The van der Waals surface area contributed by atoms with Gasteiger partial charge in [-0.1, -0.05) is 37.6 Å². The first-order valence-electron chi connectivity index (χ1n) is 7.21. The fourth-order valence-electron chi connectivity index (χ4n) is 2.24. The van der Waals surface area contributed by atoms with Gasteiger partial charge in [-0.05, 0) is 57.1 Å². The van der Waals surface area contributed by atoms with Gasteiger partial charge in [0, 0.05) is 17.6 Å². The predicted octanol–water partition coefficient (Wildman–Crippen LogP) is 3.97. The molecule has 19 heavy (non-hydrogen) atoms. The van der Waals surface area contributed by atoms with E-state index in [0.717, 1.165) is 24.7 Å². The average molecular weight is 283 g/mol. The Hall–Kier alpha value is -0.570. The van der Waals surface area contributed by atoms with Crippen molar-refractivity contribution in [2.75, 3.05) is 26.7 Å². The molecular weight excluding hydrogens is 256 g/mol. The lowest BCUT2D eigenvalue weighted by molar-refractivity contribution is 0.224. The molecule has 2 atom stereocenters. The number of benzene rings is 1. The van der Waals surface area contributed by atoms with Crippen LogP contribution in [0.25, 0.3) is 0 Å². The third-order valence-corrected chi connectivity index (χ3v) is 3.78. The molecule has 1 aromatic carbocycles. The Bertz CT molecular complexity index is 350. The Labute approximate surface area is 123 Å². The number of nitrogens with one attached hydrogen (secondary N) is 1. The predicted molar refractivity (Wildman–Crippen MR) is 84.8 cm³/mol. The van der Waals surface area contributed by atoms with Crippen LogP contribution in [0.5, 0.6) is 0 Å².